The summed E-state index contributed by atoms with van der Waals surface area (Å²) in [6.07, 6.45) is 1.98. The van der Waals surface area contributed by atoms with E-state index in [4.69, 9.17) is 9.66 Å². The molecule has 0 fully saturated rings. The van der Waals surface area contributed by atoms with Crippen LogP contribution in [0.4, 0.5) is 0 Å². The van der Waals surface area contributed by atoms with E-state index in [9.17, 15) is 13.2 Å². The highest BCUT2D eigenvalue weighted by Crippen LogP contribution is 2.00. The zero-order valence-corrected chi connectivity index (χ0v) is 8.04. The van der Waals surface area contributed by atoms with E-state index in [0.29, 0.717) is 6.42 Å². The van der Waals surface area contributed by atoms with Crippen molar-refractivity contribution in [1.82, 2.24) is 0 Å². The lowest BCUT2D eigenvalue weighted by Gasteiger charge is -1.94. The maximum absolute atomic E-state index is 10.3. The monoisotopic (exact) mass is 208 g/mol. The Hall–Kier alpha value is -0.880. The molecule has 0 saturated carbocycles. The van der Waals surface area contributed by atoms with Crippen molar-refractivity contribution in [2.24, 2.45) is 0 Å². The third-order valence-electron chi connectivity index (χ3n) is 1.39. The van der Waals surface area contributed by atoms with Gasteiger partial charge in [-0.2, -0.15) is 8.42 Å². The minimum absolute atomic E-state index is 0.176. The Labute approximate surface area is 76.8 Å². The van der Waals surface area contributed by atoms with Gasteiger partial charge in [0, 0.05) is 5.57 Å². The van der Waals surface area contributed by atoms with Crippen LogP contribution in [0.2, 0.25) is 0 Å². The molecule has 0 radical (unpaired) electrons. The average Bonchev–Trinajstić information content (AvgIpc) is 1.95. The maximum Gasteiger partial charge on any atom is 0.330 e. The molecule has 0 bridgehead atoms. The number of allylic oxidation sites excluding steroid dienone is 1. The van der Waals surface area contributed by atoms with Gasteiger partial charge in [0.15, 0.2) is 0 Å². The zero-order valence-electron chi connectivity index (χ0n) is 7.23. The van der Waals surface area contributed by atoms with Crippen LogP contribution in [0.25, 0.3) is 0 Å². The number of rotatable bonds is 5. The maximum atomic E-state index is 10.3. The molecule has 6 heteroatoms. The fourth-order valence-electron chi connectivity index (χ4n) is 0.672. The van der Waals surface area contributed by atoms with Crippen molar-refractivity contribution in [3.63, 3.8) is 0 Å². The fourth-order valence-corrected chi connectivity index (χ4v) is 1.20. The van der Waals surface area contributed by atoms with Crippen LogP contribution in [0.5, 0.6) is 0 Å². The summed E-state index contributed by atoms with van der Waals surface area (Å²) in [6, 6.07) is 0. The quantitative estimate of drug-likeness (QED) is 0.394. The van der Waals surface area contributed by atoms with E-state index in [1.54, 1.807) is 0 Å². The van der Waals surface area contributed by atoms with Crippen molar-refractivity contribution < 1.29 is 22.9 Å². The van der Waals surface area contributed by atoms with Gasteiger partial charge in [0.25, 0.3) is 10.1 Å². The molecular formula is C7H12O5S. The Balaban J connectivity index is 3.81. The predicted molar refractivity (Wildman–Crippen MR) is 47.0 cm³/mol. The molecule has 0 aliphatic rings. The van der Waals surface area contributed by atoms with Crippen molar-refractivity contribution in [3.05, 3.63) is 11.6 Å². The molecule has 0 spiro atoms. The third-order valence-corrected chi connectivity index (χ3v) is 2.20. The summed E-state index contributed by atoms with van der Waals surface area (Å²) in [5.41, 5.74) is 0.176. The van der Waals surface area contributed by atoms with Gasteiger partial charge in [-0.3, -0.25) is 4.55 Å². The van der Waals surface area contributed by atoms with Gasteiger partial charge in [0.05, 0.1) is 5.75 Å². The van der Waals surface area contributed by atoms with E-state index in [0.717, 1.165) is 0 Å². The van der Waals surface area contributed by atoms with Crippen molar-refractivity contribution in [1.29, 1.82) is 0 Å². The van der Waals surface area contributed by atoms with Gasteiger partial charge in [-0.05, 0) is 19.8 Å². The minimum atomic E-state index is -3.92. The van der Waals surface area contributed by atoms with Crippen molar-refractivity contribution in [3.8, 4) is 0 Å². The van der Waals surface area contributed by atoms with Crippen LogP contribution in [0.3, 0.4) is 0 Å². The number of aliphatic carboxylic acids is 1. The Morgan fingerprint density at radius 1 is 1.46 bits per heavy atom. The van der Waals surface area contributed by atoms with Crippen molar-refractivity contribution in [2.45, 2.75) is 19.8 Å². The minimum Gasteiger partial charge on any atom is -0.478 e. The van der Waals surface area contributed by atoms with E-state index in [2.05, 4.69) is 0 Å². The summed E-state index contributed by atoms with van der Waals surface area (Å²) in [7, 11) is -3.92. The first kappa shape index (κ1) is 12.1. The molecule has 76 valence electrons. The molecule has 0 rings (SSSR count). The van der Waals surface area contributed by atoms with Crippen LogP contribution in [0, 0.1) is 0 Å². The lowest BCUT2D eigenvalue weighted by Crippen LogP contribution is -2.03. The second-order valence-electron chi connectivity index (χ2n) is 2.62. The van der Waals surface area contributed by atoms with E-state index in [-0.39, 0.29) is 17.7 Å². The molecule has 2 N–H and O–H groups in total. The standard InChI is InChI=1S/C7H12O5S/c1-6(7(8)9)4-2-3-5-13(10,11)12/h4H,2-3,5H2,1H3,(H,8,9)(H,10,11,12)/b6-4+. The predicted octanol–water partition coefficient (Wildman–Crippen LogP) is 0.685. The van der Waals surface area contributed by atoms with Gasteiger partial charge in [-0.1, -0.05) is 6.08 Å². The summed E-state index contributed by atoms with van der Waals surface area (Å²) >= 11 is 0. The smallest absolute Gasteiger partial charge is 0.330 e. The highest BCUT2D eigenvalue weighted by Gasteiger charge is 2.03. The van der Waals surface area contributed by atoms with Crippen LogP contribution in [-0.2, 0) is 14.9 Å². The number of carbonyl (C=O) groups is 1. The molecule has 13 heavy (non-hydrogen) atoms. The SMILES string of the molecule is C/C(=C\CCCS(=O)(=O)O)C(=O)O. The molecule has 0 aromatic carbocycles. The second-order valence-corrected chi connectivity index (χ2v) is 4.19. The summed E-state index contributed by atoms with van der Waals surface area (Å²) in [5, 5.41) is 8.41. The number of hydrogen-bond acceptors (Lipinski definition) is 3. The highest BCUT2D eigenvalue weighted by molar-refractivity contribution is 7.85. The fraction of sp³-hybridized carbons (Fsp3) is 0.571. The lowest BCUT2D eigenvalue weighted by atomic mass is 10.2. The van der Waals surface area contributed by atoms with E-state index in [1.165, 1.54) is 13.0 Å². The average molecular weight is 208 g/mol. The van der Waals surface area contributed by atoms with Crippen molar-refractivity contribution in [2.75, 3.05) is 5.75 Å². The topological polar surface area (TPSA) is 91.7 Å². The first-order valence-electron chi connectivity index (χ1n) is 3.68. The Morgan fingerprint density at radius 3 is 2.38 bits per heavy atom. The molecular weight excluding hydrogens is 196 g/mol. The summed E-state index contributed by atoms with van der Waals surface area (Å²) in [5.74, 6) is -1.36. The van der Waals surface area contributed by atoms with Gasteiger partial charge in [0.2, 0.25) is 0 Å². The first-order chi connectivity index (χ1) is 5.83. The van der Waals surface area contributed by atoms with Crippen LogP contribution in [0.1, 0.15) is 19.8 Å². The van der Waals surface area contributed by atoms with E-state index < -0.39 is 16.1 Å². The Morgan fingerprint density at radius 2 is 2.00 bits per heavy atom. The normalized spacial score (nSPS) is 12.9. The van der Waals surface area contributed by atoms with Crippen LogP contribution >= 0.6 is 0 Å². The number of unbranched alkanes of at least 4 members (excludes halogenated alkanes) is 1. The third kappa shape index (κ3) is 7.48. The Kier molecular flexibility index (Phi) is 4.64. The van der Waals surface area contributed by atoms with Gasteiger partial charge >= 0.3 is 5.97 Å². The molecule has 0 heterocycles. The molecule has 0 aliphatic carbocycles. The zero-order chi connectivity index (χ0) is 10.5. The molecule has 0 aromatic heterocycles. The van der Waals surface area contributed by atoms with E-state index >= 15 is 0 Å². The molecule has 5 nitrogen and oxygen atoms in total. The first-order valence-corrected chi connectivity index (χ1v) is 5.29. The number of carboxylic acid groups (broad SMARTS) is 1. The second kappa shape index (κ2) is 4.98. The van der Waals surface area contributed by atoms with Crippen LogP contribution in [-0.4, -0.2) is 29.8 Å². The number of carboxylic acids is 1. The molecule has 0 amide bonds. The largest absolute Gasteiger partial charge is 0.478 e. The summed E-state index contributed by atoms with van der Waals surface area (Å²) in [6.45, 7) is 1.43. The highest BCUT2D eigenvalue weighted by atomic mass is 32.2. The van der Waals surface area contributed by atoms with Crippen molar-refractivity contribution >= 4 is 16.1 Å². The Bertz CT molecular complexity index is 301. The molecule has 0 aromatic rings. The summed E-state index contributed by atoms with van der Waals surface area (Å²) < 4.78 is 28.8. The van der Waals surface area contributed by atoms with Gasteiger partial charge < -0.3 is 5.11 Å². The van der Waals surface area contributed by atoms with Crippen LogP contribution < -0.4 is 0 Å². The molecule has 0 unspecified atom stereocenters. The molecule has 0 atom stereocenters. The molecule has 0 aliphatic heterocycles. The van der Waals surface area contributed by atoms with Crippen LogP contribution in [0.15, 0.2) is 11.6 Å². The lowest BCUT2D eigenvalue weighted by molar-refractivity contribution is -0.132. The van der Waals surface area contributed by atoms with Gasteiger partial charge in [0.1, 0.15) is 0 Å². The number of hydrogen-bond donors (Lipinski definition) is 2. The van der Waals surface area contributed by atoms with Gasteiger partial charge in [-0.15, -0.1) is 0 Å². The summed E-state index contributed by atoms with van der Waals surface area (Å²) in [4.78, 5) is 10.3. The molecule has 0 saturated heterocycles. The van der Waals surface area contributed by atoms with E-state index in [1.807, 2.05) is 0 Å². The van der Waals surface area contributed by atoms with Gasteiger partial charge in [-0.25, -0.2) is 4.79 Å².